The first-order valence-electron chi connectivity index (χ1n) is 15.2. The van der Waals surface area contributed by atoms with E-state index in [2.05, 4.69) is 91.4 Å². The van der Waals surface area contributed by atoms with Gasteiger partial charge < -0.3 is 19.2 Å². The number of rotatable bonds is 10. The second-order valence-electron chi connectivity index (χ2n) is 14.4. The lowest BCUT2D eigenvalue weighted by molar-refractivity contribution is 0.0905. The number of hydrogen-bond donors (Lipinski definition) is 1. The van der Waals surface area contributed by atoms with Gasteiger partial charge in [0.1, 0.15) is 12.4 Å². The summed E-state index contributed by atoms with van der Waals surface area (Å²) in [6, 6.07) is 8.46. The summed E-state index contributed by atoms with van der Waals surface area (Å²) in [7, 11) is -2.01. The van der Waals surface area contributed by atoms with Crippen LogP contribution in [0.2, 0.25) is 23.2 Å². The molecule has 231 valence electrons. The van der Waals surface area contributed by atoms with Gasteiger partial charge in [-0.15, -0.1) is 0 Å². The Morgan fingerprint density at radius 3 is 2.40 bits per heavy atom. The van der Waals surface area contributed by atoms with Crippen molar-refractivity contribution in [3.8, 4) is 17.0 Å². The zero-order valence-corrected chi connectivity index (χ0v) is 28.9. The van der Waals surface area contributed by atoms with E-state index >= 15 is 0 Å². The third kappa shape index (κ3) is 8.27. The SMILES string of the molecule is CC(C)n1ncc2c(NC3CCOCC3)cc(-c3cc(Cl)cc(OCC([CH]C(C)(C)C)O[Si](C)(C)C(C)(C)C)c3)nc21. The van der Waals surface area contributed by atoms with Gasteiger partial charge in [-0.1, -0.05) is 53.1 Å². The fourth-order valence-electron chi connectivity index (χ4n) is 4.93. The van der Waals surface area contributed by atoms with Crippen molar-refractivity contribution < 1.29 is 13.9 Å². The fourth-order valence-corrected chi connectivity index (χ4v) is 6.40. The molecule has 1 N–H and O–H groups in total. The number of ether oxygens (including phenoxy) is 2. The number of pyridine rings is 1. The molecule has 1 aromatic carbocycles. The summed E-state index contributed by atoms with van der Waals surface area (Å²) < 4.78 is 20.8. The largest absolute Gasteiger partial charge is 0.491 e. The summed E-state index contributed by atoms with van der Waals surface area (Å²) in [6.45, 7) is 24.1. The van der Waals surface area contributed by atoms with Crippen LogP contribution in [0, 0.1) is 11.8 Å². The molecule has 0 bridgehead atoms. The first kappa shape index (κ1) is 32.8. The highest BCUT2D eigenvalue weighted by Crippen LogP contribution is 2.39. The van der Waals surface area contributed by atoms with Crippen LogP contribution in [0.5, 0.6) is 5.75 Å². The van der Waals surface area contributed by atoms with Crippen molar-refractivity contribution in [2.45, 2.75) is 105 Å². The molecule has 1 aliphatic rings. The van der Waals surface area contributed by atoms with Crippen LogP contribution in [0.15, 0.2) is 30.5 Å². The Morgan fingerprint density at radius 1 is 1.10 bits per heavy atom. The van der Waals surface area contributed by atoms with E-state index in [9.17, 15) is 0 Å². The highest BCUT2D eigenvalue weighted by molar-refractivity contribution is 6.74. The van der Waals surface area contributed by atoms with Crippen molar-refractivity contribution in [1.29, 1.82) is 0 Å². The Kier molecular flexibility index (Phi) is 10.0. The summed E-state index contributed by atoms with van der Waals surface area (Å²) in [5.74, 6) is 0.696. The van der Waals surface area contributed by atoms with Crippen LogP contribution in [0.4, 0.5) is 5.69 Å². The number of anilines is 1. The zero-order chi connectivity index (χ0) is 30.9. The molecule has 1 unspecified atom stereocenters. The van der Waals surface area contributed by atoms with Gasteiger partial charge in [0.05, 0.1) is 23.4 Å². The lowest BCUT2D eigenvalue weighted by Gasteiger charge is -2.40. The number of aromatic nitrogens is 3. The van der Waals surface area contributed by atoms with E-state index in [0.717, 1.165) is 54.0 Å². The average molecular weight is 614 g/mol. The van der Waals surface area contributed by atoms with Crippen molar-refractivity contribution in [3.63, 3.8) is 0 Å². The number of benzene rings is 1. The van der Waals surface area contributed by atoms with Crippen LogP contribution >= 0.6 is 11.6 Å². The van der Waals surface area contributed by atoms with Crippen LogP contribution < -0.4 is 10.1 Å². The Labute approximate surface area is 258 Å². The summed E-state index contributed by atoms with van der Waals surface area (Å²) in [4.78, 5) is 5.08. The third-order valence-electron chi connectivity index (χ3n) is 8.16. The lowest BCUT2D eigenvalue weighted by atomic mass is 9.89. The molecule has 1 radical (unpaired) electrons. The Hall–Kier alpha value is -2.13. The van der Waals surface area contributed by atoms with Crippen molar-refractivity contribution in [3.05, 3.63) is 41.9 Å². The Morgan fingerprint density at radius 2 is 1.79 bits per heavy atom. The Bertz CT molecular complexity index is 1350. The predicted octanol–water partition coefficient (Wildman–Crippen LogP) is 8.94. The molecule has 0 amide bonds. The van der Waals surface area contributed by atoms with Gasteiger partial charge in [-0.05, 0) is 80.9 Å². The maximum atomic E-state index is 6.79. The van der Waals surface area contributed by atoms with E-state index in [1.54, 1.807) is 0 Å². The van der Waals surface area contributed by atoms with Gasteiger partial charge in [0, 0.05) is 41.6 Å². The highest BCUT2D eigenvalue weighted by Gasteiger charge is 2.40. The summed E-state index contributed by atoms with van der Waals surface area (Å²) in [5, 5.41) is 10.1. The molecule has 4 rings (SSSR count). The van der Waals surface area contributed by atoms with Gasteiger partial charge in [0.15, 0.2) is 14.0 Å². The summed E-state index contributed by atoms with van der Waals surface area (Å²) >= 11 is 6.68. The van der Waals surface area contributed by atoms with Crippen molar-refractivity contribution >= 4 is 36.6 Å². The molecule has 3 aromatic rings. The van der Waals surface area contributed by atoms with Gasteiger partial charge in [0.25, 0.3) is 0 Å². The maximum absolute atomic E-state index is 6.79. The first-order valence-corrected chi connectivity index (χ1v) is 18.5. The van der Waals surface area contributed by atoms with Crippen LogP contribution in [-0.4, -0.2) is 55.0 Å². The molecule has 2 aromatic heterocycles. The minimum Gasteiger partial charge on any atom is -0.491 e. The highest BCUT2D eigenvalue weighted by atomic mass is 35.5. The second-order valence-corrected chi connectivity index (χ2v) is 19.6. The molecule has 1 aliphatic heterocycles. The minimum atomic E-state index is -2.01. The summed E-state index contributed by atoms with van der Waals surface area (Å²) in [5.41, 5.74) is 3.58. The maximum Gasteiger partial charge on any atom is 0.192 e. The Balaban J connectivity index is 1.65. The molecular weight excluding hydrogens is 564 g/mol. The smallest absolute Gasteiger partial charge is 0.192 e. The molecule has 0 spiro atoms. The molecule has 0 saturated carbocycles. The number of halogens is 1. The van der Waals surface area contributed by atoms with Gasteiger partial charge in [-0.25, -0.2) is 9.67 Å². The monoisotopic (exact) mass is 613 g/mol. The van der Waals surface area contributed by atoms with E-state index in [1.165, 1.54) is 0 Å². The molecule has 1 saturated heterocycles. The molecule has 1 fully saturated rings. The van der Waals surface area contributed by atoms with E-state index in [-0.39, 0.29) is 22.6 Å². The number of fused-ring (bicyclic) bond motifs is 1. The topological polar surface area (TPSA) is 70.4 Å². The quantitative estimate of drug-likeness (QED) is 0.230. The van der Waals surface area contributed by atoms with Gasteiger partial charge in [0.2, 0.25) is 0 Å². The van der Waals surface area contributed by atoms with E-state index in [0.29, 0.717) is 23.4 Å². The van der Waals surface area contributed by atoms with E-state index < -0.39 is 8.32 Å². The van der Waals surface area contributed by atoms with Gasteiger partial charge in [-0.3, -0.25) is 0 Å². The van der Waals surface area contributed by atoms with Crippen molar-refractivity contribution in [1.82, 2.24) is 14.8 Å². The van der Waals surface area contributed by atoms with Crippen LogP contribution in [0.3, 0.4) is 0 Å². The lowest BCUT2D eigenvalue weighted by Crippen LogP contribution is -2.46. The van der Waals surface area contributed by atoms with Crippen LogP contribution in [-0.2, 0) is 9.16 Å². The normalized spacial score (nSPS) is 16.3. The molecular formula is C33H50ClN4O3Si. The van der Waals surface area contributed by atoms with Crippen molar-refractivity contribution in [2.24, 2.45) is 5.41 Å². The average Bonchev–Trinajstić information content (AvgIpc) is 3.31. The second kappa shape index (κ2) is 12.8. The molecule has 1 atom stereocenters. The van der Waals surface area contributed by atoms with Gasteiger partial charge >= 0.3 is 0 Å². The minimum absolute atomic E-state index is 0.0115. The molecule has 3 heterocycles. The van der Waals surface area contributed by atoms with Crippen LogP contribution in [0.1, 0.15) is 74.3 Å². The molecule has 9 heteroatoms. The number of nitrogens with zero attached hydrogens (tertiary/aromatic N) is 3. The number of nitrogens with one attached hydrogen (secondary N) is 1. The van der Waals surface area contributed by atoms with E-state index in [1.807, 2.05) is 29.1 Å². The standard InChI is InChI=1S/C33H50ClN4O3Si/c1-22(2)38-31-28(20-35-38)30(36-25-11-13-39-14-12-25)18-29(37-31)23-15-24(34)17-26(16-23)40-21-27(19-32(3,4)5)41-42(9,10)33(6,7)8/h15-20,22,25,27H,11-14,21H2,1-10H3,(H,36,37). The molecule has 42 heavy (non-hydrogen) atoms. The first-order chi connectivity index (χ1) is 19.5. The predicted molar refractivity (Wildman–Crippen MR) is 177 cm³/mol. The van der Waals surface area contributed by atoms with Crippen molar-refractivity contribution in [2.75, 3.05) is 25.1 Å². The molecule has 0 aliphatic carbocycles. The zero-order valence-electron chi connectivity index (χ0n) is 27.2. The third-order valence-corrected chi connectivity index (χ3v) is 12.9. The fraction of sp³-hybridized carbons (Fsp3) is 0.606. The number of hydrogen-bond acceptors (Lipinski definition) is 6. The molecule has 7 nitrogen and oxygen atoms in total. The summed E-state index contributed by atoms with van der Waals surface area (Å²) in [6.07, 6.45) is 5.97. The van der Waals surface area contributed by atoms with E-state index in [4.69, 9.17) is 30.5 Å². The van der Waals surface area contributed by atoms with Crippen LogP contribution in [0.25, 0.3) is 22.3 Å². The van der Waals surface area contributed by atoms with Gasteiger partial charge in [-0.2, -0.15) is 5.10 Å².